The Morgan fingerprint density at radius 1 is 0.840 bits per heavy atom. The fourth-order valence-corrected chi connectivity index (χ4v) is 7.57. The molecule has 2 atom stereocenters. The molecule has 2 aliphatic rings. The molecule has 2 aliphatic heterocycles. The van der Waals surface area contributed by atoms with Crippen molar-refractivity contribution in [1.29, 1.82) is 0 Å². The summed E-state index contributed by atoms with van der Waals surface area (Å²) in [6, 6.07) is 8.74. The Balaban J connectivity index is 1.14. The number of methoxy groups -OCH3 is 2. The molecule has 50 heavy (non-hydrogen) atoms. The van der Waals surface area contributed by atoms with Crippen LogP contribution in [0.1, 0.15) is 69.7 Å². The number of amides is 2. The summed E-state index contributed by atoms with van der Waals surface area (Å²) < 4.78 is 11.8. The molecule has 5 aromatic heterocycles. The van der Waals surface area contributed by atoms with E-state index in [0.29, 0.717) is 64.6 Å². The zero-order chi connectivity index (χ0) is 34.8. The zero-order valence-corrected chi connectivity index (χ0v) is 29.1. The third-order valence-electron chi connectivity index (χ3n) is 9.67. The van der Waals surface area contributed by atoms with E-state index < -0.39 is 0 Å². The Kier molecular flexibility index (Phi) is 7.83. The molecule has 0 spiro atoms. The van der Waals surface area contributed by atoms with Crippen LogP contribution in [0.4, 0.5) is 0 Å². The standard InChI is InChI=1S/C35H31Cl2N9O4/c1-16-19-6-5-9-38-23(19)7-10-45(16)34(47)32-42-28-25(49-3)13-21(30(50-4)29(28)43-32)18-12-20-17(2)46(11-8-24(20)39-15-18)35(48)33-41-27-22(36)14-26(37)40-31(27)44-33/h5-6,9,12-17H,7-8,10-11H2,1-4H3,(H,42,43)(H,40,41,44)/t16-,17-/m1/s1. The largest absolute Gasteiger partial charge is 0.494 e. The molecule has 0 radical (unpaired) electrons. The number of hydrogen-bond donors (Lipinski definition) is 2. The van der Waals surface area contributed by atoms with Crippen LogP contribution in [0, 0.1) is 0 Å². The van der Waals surface area contributed by atoms with E-state index in [4.69, 9.17) is 42.6 Å². The topological polar surface area (TPSA) is 155 Å². The molecular weight excluding hydrogens is 681 g/mol. The van der Waals surface area contributed by atoms with Gasteiger partial charge in [-0.25, -0.2) is 15.0 Å². The number of aromatic amines is 2. The minimum atomic E-state index is -0.334. The van der Waals surface area contributed by atoms with Gasteiger partial charge in [-0.3, -0.25) is 19.6 Å². The summed E-state index contributed by atoms with van der Waals surface area (Å²) in [5.74, 6) is 0.732. The first-order chi connectivity index (χ1) is 24.2. The predicted molar refractivity (Wildman–Crippen MR) is 187 cm³/mol. The summed E-state index contributed by atoms with van der Waals surface area (Å²) in [6.07, 6.45) is 4.78. The van der Waals surface area contributed by atoms with Crippen molar-refractivity contribution in [2.24, 2.45) is 0 Å². The van der Waals surface area contributed by atoms with Crippen LogP contribution < -0.4 is 9.47 Å². The summed E-state index contributed by atoms with van der Waals surface area (Å²) in [4.78, 5) is 60.0. The number of nitrogens with one attached hydrogen (secondary N) is 2. The number of nitrogens with zero attached hydrogens (tertiary/aromatic N) is 7. The van der Waals surface area contributed by atoms with Gasteiger partial charge in [0.05, 0.1) is 31.3 Å². The van der Waals surface area contributed by atoms with E-state index in [2.05, 4.69) is 24.9 Å². The normalized spacial score (nSPS) is 17.2. The van der Waals surface area contributed by atoms with Gasteiger partial charge in [0.2, 0.25) is 0 Å². The molecule has 6 aromatic rings. The van der Waals surface area contributed by atoms with E-state index in [1.165, 1.54) is 6.07 Å². The van der Waals surface area contributed by atoms with Crippen molar-refractivity contribution in [2.45, 2.75) is 38.8 Å². The second-order valence-electron chi connectivity index (χ2n) is 12.3. The molecule has 254 valence electrons. The Morgan fingerprint density at radius 3 is 2.24 bits per heavy atom. The molecule has 0 bridgehead atoms. The Bertz CT molecular complexity index is 2360. The third-order valence-corrected chi connectivity index (χ3v) is 10.2. The lowest BCUT2D eigenvalue weighted by Crippen LogP contribution is -2.39. The van der Waals surface area contributed by atoms with Crippen LogP contribution in [0.3, 0.4) is 0 Å². The number of pyridine rings is 3. The smallest absolute Gasteiger partial charge is 0.290 e. The van der Waals surface area contributed by atoms with Crippen LogP contribution in [0.5, 0.6) is 11.5 Å². The number of hydrogen-bond acceptors (Lipinski definition) is 9. The van der Waals surface area contributed by atoms with E-state index in [1.54, 1.807) is 36.4 Å². The number of carbonyl (C=O) groups excluding carboxylic acids is 2. The molecule has 0 fully saturated rings. The highest BCUT2D eigenvalue weighted by atomic mass is 35.5. The number of rotatable bonds is 5. The fourth-order valence-electron chi connectivity index (χ4n) is 7.09. The molecule has 7 heterocycles. The van der Waals surface area contributed by atoms with E-state index in [0.717, 1.165) is 28.1 Å². The van der Waals surface area contributed by atoms with Gasteiger partial charge in [-0.1, -0.05) is 29.3 Å². The highest BCUT2D eigenvalue weighted by molar-refractivity contribution is 6.37. The molecule has 2 amide bonds. The number of fused-ring (bicyclic) bond motifs is 4. The van der Waals surface area contributed by atoms with Crippen molar-refractivity contribution in [3.8, 4) is 22.6 Å². The minimum Gasteiger partial charge on any atom is -0.494 e. The number of H-pyrrole nitrogens is 2. The molecule has 0 saturated carbocycles. The molecular formula is C35H31Cl2N9O4. The highest BCUT2D eigenvalue weighted by Gasteiger charge is 2.33. The number of halogens is 2. The van der Waals surface area contributed by atoms with Crippen molar-refractivity contribution in [3.05, 3.63) is 87.1 Å². The Morgan fingerprint density at radius 2 is 1.52 bits per heavy atom. The summed E-state index contributed by atoms with van der Waals surface area (Å²) in [6.45, 7) is 4.92. The number of imidazole rings is 2. The summed E-state index contributed by atoms with van der Waals surface area (Å²) in [7, 11) is 3.13. The summed E-state index contributed by atoms with van der Waals surface area (Å²) >= 11 is 12.4. The van der Waals surface area contributed by atoms with Crippen LogP contribution in [0.2, 0.25) is 10.2 Å². The maximum absolute atomic E-state index is 13.9. The average Bonchev–Trinajstić information content (AvgIpc) is 3.77. The van der Waals surface area contributed by atoms with Crippen LogP contribution in [0.15, 0.2) is 42.7 Å². The lowest BCUT2D eigenvalue weighted by Gasteiger charge is -2.34. The third kappa shape index (κ3) is 5.11. The molecule has 0 aliphatic carbocycles. The van der Waals surface area contributed by atoms with Gasteiger partial charge in [-0.2, -0.15) is 0 Å². The van der Waals surface area contributed by atoms with E-state index >= 15 is 0 Å². The SMILES string of the molecule is COc1cc(-c2cnc3c(c2)[C@@H](C)N(C(=O)c2nc4nc(Cl)cc(Cl)c4[nH]2)CC3)c(OC)c2[nH]c(C(=O)N3CCc4ncccc4[C@H]3C)nc12. The average molecular weight is 713 g/mol. The van der Waals surface area contributed by atoms with E-state index in [-0.39, 0.29) is 46.3 Å². The second kappa shape index (κ2) is 12.3. The molecule has 0 saturated heterocycles. The quantitative estimate of drug-likeness (QED) is 0.201. The zero-order valence-electron chi connectivity index (χ0n) is 27.5. The van der Waals surface area contributed by atoms with E-state index in [1.807, 2.05) is 38.1 Å². The number of ether oxygens (including phenoxy) is 2. The number of aromatic nitrogens is 7. The molecule has 1 aromatic carbocycles. The fraction of sp³-hybridized carbons (Fsp3) is 0.286. The second-order valence-corrected chi connectivity index (χ2v) is 13.1. The first-order valence-electron chi connectivity index (χ1n) is 16.1. The maximum Gasteiger partial charge on any atom is 0.290 e. The molecule has 15 heteroatoms. The van der Waals surface area contributed by atoms with Gasteiger partial charge in [0.15, 0.2) is 23.0 Å². The van der Waals surface area contributed by atoms with Crippen LogP contribution in [-0.4, -0.2) is 83.8 Å². The van der Waals surface area contributed by atoms with Crippen molar-refractivity contribution in [2.75, 3.05) is 27.3 Å². The van der Waals surface area contributed by atoms with Gasteiger partial charge in [-0.15, -0.1) is 0 Å². The molecule has 8 rings (SSSR count). The van der Waals surface area contributed by atoms with Gasteiger partial charge >= 0.3 is 0 Å². The lowest BCUT2D eigenvalue weighted by molar-refractivity contribution is 0.0657. The minimum absolute atomic E-state index is 0.123. The van der Waals surface area contributed by atoms with Crippen LogP contribution in [0.25, 0.3) is 33.3 Å². The van der Waals surface area contributed by atoms with Crippen molar-refractivity contribution in [3.63, 3.8) is 0 Å². The first kappa shape index (κ1) is 32.0. The monoisotopic (exact) mass is 711 g/mol. The van der Waals surface area contributed by atoms with Crippen molar-refractivity contribution in [1.82, 2.24) is 44.7 Å². The van der Waals surface area contributed by atoms with Gasteiger partial charge in [-0.05, 0) is 49.2 Å². The summed E-state index contributed by atoms with van der Waals surface area (Å²) in [5, 5.41) is 0.521. The van der Waals surface area contributed by atoms with Gasteiger partial charge in [0.1, 0.15) is 27.5 Å². The lowest BCUT2D eigenvalue weighted by atomic mass is 9.94. The van der Waals surface area contributed by atoms with Gasteiger partial charge in [0.25, 0.3) is 11.8 Å². The maximum atomic E-state index is 13.9. The Labute approximate surface area is 296 Å². The van der Waals surface area contributed by atoms with Crippen molar-refractivity contribution < 1.29 is 19.1 Å². The van der Waals surface area contributed by atoms with Crippen LogP contribution in [-0.2, 0) is 12.8 Å². The first-order valence-corrected chi connectivity index (χ1v) is 16.8. The molecule has 13 nitrogen and oxygen atoms in total. The van der Waals surface area contributed by atoms with Crippen molar-refractivity contribution >= 4 is 57.2 Å². The Hall–Kier alpha value is -5.27. The highest BCUT2D eigenvalue weighted by Crippen LogP contribution is 2.43. The predicted octanol–water partition coefficient (Wildman–Crippen LogP) is 6.13. The molecule has 2 N–H and O–H groups in total. The van der Waals surface area contributed by atoms with Crippen LogP contribution >= 0.6 is 23.2 Å². The summed E-state index contributed by atoms with van der Waals surface area (Å²) in [5.41, 5.74) is 6.95. The number of carbonyl (C=O) groups is 2. The van der Waals surface area contributed by atoms with Gasteiger partial charge < -0.3 is 29.2 Å². The van der Waals surface area contributed by atoms with Gasteiger partial charge in [0, 0.05) is 60.8 Å². The van der Waals surface area contributed by atoms with E-state index in [9.17, 15) is 9.59 Å². The molecule has 0 unspecified atom stereocenters. The number of benzene rings is 1.